The Balaban J connectivity index is 2.21. The Labute approximate surface area is 147 Å². The molecule has 0 aromatic heterocycles. The monoisotopic (exact) mass is 365 g/mol. The van der Waals surface area contributed by atoms with Crippen molar-refractivity contribution in [2.75, 3.05) is 17.2 Å². The van der Waals surface area contributed by atoms with E-state index in [2.05, 4.69) is 19.9 Å². The quantitative estimate of drug-likeness (QED) is 0.823. The molecule has 0 aliphatic carbocycles. The summed E-state index contributed by atoms with van der Waals surface area (Å²) in [5.74, 6) is -0.331. The van der Waals surface area contributed by atoms with Crippen LogP contribution in [0.1, 0.15) is 30.5 Å². The molecule has 24 heavy (non-hydrogen) atoms. The fourth-order valence-corrected chi connectivity index (χ4v) is 3.94. The summed E-state index contributed by atoms with van der Waals surface area (Å²) in [6, 6.07) is 11.8. The molecule has 4 nitrogen and oxygen atoms in total. The molecule has 3 rings (SSSR count). The van der Waals surface area contributed by atoms with Crippen LogP contribution in [0.4, 0.5) is 11.4 Å². The topological polar surface area (TPSA) is 57.6 Å². The van der Waals surface area contributed by atoms with Crippen LogP contribution in [0.5, 0.6) is 0 Å². The molecule has 0 saturated carbocycles. The van der Waals surface area contributed by atoms with Gasteiger partial charge in [-0.25, -0.2) is 0 Å². The molecule has 1 N–H and O–H groups in total. The Morgan fingerprint density at radius 3 is 2.29 bits per heavy atom. The van der Waals surface area contributed by atoms with E-state index in [0.29, 0.717) is 5.02 Å². The Morgan fingerprint density at radius 2 is 1.67 bits per heavy atom. The lowest BCUT2D eigenvalue weighted by Crippen LogP contribution is -2.35. The minimum absolute atomic E-state index is 0.180. The van der Waals surface area contributed by atoms with Crippen LogP contribution < -0.4 is 4.90 Å². The van der Waals surface area contributed by atoms with Gasteiger partial charge in [-0.3, -0.25) is 4.55 Å². The number of hydrogen-bond donors (Lipinski definition) is 1. The number of rotatable bonds is 3. The number of anilines is 2. The molecule has 2 aromatic rings. The molecule has 0 atom stereocenters. The number of benzene rings is 2. The Kier molecular flexibility index (Phi) is 4.14. The minimum Gasteiger partial charge on any atom is -0.340 e. The van der Waals surface area contributed by atoms with E-state index in [-0.39, 0.29) is 17.7 Å². The van der Waals surface area contributed by atoms with Crippen LogP contribution in [0.25, 0.3) is 0 Å². The maximum absolute atomic E-state index is 11.2. The zero-order valence-electron chi connectivity index (χ0n) is 13.9. The normalized spacial score (nSPS) is 15.8. The molecule has 0 radical (unpaired) electrons. The van der Waals surface area contributed by atoms with E-state index in [1.165, 1.54) is 0 Å². The number of aryl methyl sites for hydroxylation is 1. The molecule has 128 valence electrons. The van der Waals surface area contributed by atoms with Crippen LogP contribution in [0, 0.1) is 6.92 Å². The van der Waals surface area contributed by atoms with Gasteiger partial charge in [-0.15, -0.1) is 0 Å². The van der Waals surface area contributed by atoms with Crippen LogP contribution >= 0.6 is 11.6 Å². The predicted molar refractivity (Wildman–Crippen MR) is 98.2 cm³/mol. The summed E-state index contributed by atoms with van der Waals surface area (Å²) in [4.78, 5) is 1.94. The zero-order valence-corrected chi connectivity index (χ0v) is 15.4. The van der Waals surface area contributed by atoms with Gasteiger partial charge in [-0.1, -0.05) is 43.1 Å². The first-order chi connectivity index (χ1) is 11.1. The summed E-state index contributed by atoms with van der Waals surface area (Å²) in [5.41, 5.74) is 4.93. The molecule has 0 spiro atoms. The van der Waals surface area contributed by atoms with Crippen molar-refractivity contribution in [3.8, 4) is 0 Å². The molecule has 1 aliphatic rings. The van der Waals surface area contributed by atoms with E-state index in [1.807, 2.05) is 36.1 Å². The van der Waals surface area contributed by atoms with Crippen LogP contribution in [0.15, 0.2) is 36.4 Å². The first kappa shape index (κ1) is 17.3. The smallest absolute Gasteiger partial charge is 0.266 e. The van der Waals surface area contributed by atoms with E-state index >= 15 is 0 Å². The van der Waals surface area contributed by atoms with Gasteiger partial charge in [0.15, 0.2) is 0 Å². The number of nitrogens with zero attached hydrogens (tertiary/aromatic N) is 1. The van der Waals surface area contributed by atoms with Gasteiger partial charge in [0.2, 0.25) is 0 Å². The Bertz CT molecular complexity index is 851. The average Bonchev–Trinajstić information content (AvgIpc) is 2.47. The number of hydrogen-bond acceptors (Lipinski definition) is 3. The molecule has 2 aromatic carbocycles. The molecule has 0 fully saturated rings. The lowest BCUT2D eigenvalue weighted by Gasteiger charge is -2.42. The standard InChI is InChI=1S/C18H20ClNO3S/c1-12-4-6-16-14(10-12)18(2,3)15-11-13(19)5-7-17(15)20(16)8-9-24(21,22)23/h4-7,10-11H,8-9H2,1-3H3,(H,21,22,23). The first-order valence-corrected chi connectivity index (χ1v) is 9.72. The molecule has 0 bridgehead atoms. The van der Waals surface area contributed by atoms with Gasteiger partial charge in [0, 0.05) is 28.4 Å². The summed E-state index contributed by atoms with van der Waals surface area (Å²) in [6.07, 6.45) is 0. The molecule has 0 unspecified atom stereocenters. The zero-order chi connectivity index (χ0) is 17.7. The third-order valence-electron chi connectivity index (χ3n) is 4.61. The van der Waals surface area contributed by atoms with Crippen LogP contribution in [-0.2, 0) is 15.5 Å². The summed E-state index contributed by atoms with van der Waals surface area (Å²) < 4.78 is 31.6. The molecule has 0 saturated heterocycles. The van der Waals surface area contributed by atoms with Gasteiger partial charge in [0.25, 0.3) is 10.1 Å². The Hall–Kier alpha value is -1.56. The van der Waals surface area contributed by atoms with Gasteiger partial charge >= 0.3 is 0 Å². The number of halogens is 1. The maximum atomic E-state index is 11.2. The highest BCUT2D eigenvalue weighted by Gasteiger charge is 2.36. The van der Waals surface area contributed by atoms with Crippen molar-refractivity contribution in [2.24, 2.45) is 0 Å². The van der Waals surface area contributed by atoms with Crippen LogP contribution in [0.2, 0.25) is 5.02 Å². The third kappa shape index (κ3) is 3.04. The molecule has 0 amide bonds. The summed E-state index contributed by atoms with van der Waals surface area (Å²) in [5, 5.41) is 0.646. The average molecular weight is 366 g/mol. The van der Waals surface area contributed by atoms with Crippen molar-refractivity contribution < 1.29 is 13.0 Å². The van der Waals surface area contributed by atoms with Crippen molar-refractivity contribution in [2.45, 2.75) is 26.2 Å². The molecule has 1 aliphatic heterocycles. The van der Waals surface area contributed by atoms with Gasteiger partial charge in [-0.05, 0) is 42.3 Å². The van der Waals surface area contributed by atoms with Gasteiger partial charge in [-0.2, -0.15) is 8.42 Å². The van der Waals surface area contributed by atoms with Crippen molar-refractivity contribution >= 4 is 33.1 Å². The fraction of sp³-hybridized carbons (Fsp3) is 0.333. The first-order valence-electron chi connectivity index (χ1n) is 7.73. The van der Waals surface area contributed by atoms with E-state index in [4.69, 9.17) is 16.2 Å². The maximum Gasteiger partial charge on any atom is 0.266 e. The van der Waals surface area contributed by atoms with Crippen molar-refractivity contribution in [1.29, 1.82) is 0 Å². The van der Waals surface area contributed by atoms with Gasteiger partial charge in [0.05, 0.1) is 5.75 Å². The lowest BCUT2D eigenvalue weighted by atomic mass is 9.73. The van der Waals surface area contributed by atoms with Crippen molar-refractivity contribution in [3.63, 3.8) is 0 Å². The van der Waals surface area contributed by atoms with Crippen molar-refractivity contribution in [3.05, 3.63) is 58.1 Å². The highest BCUT2D eigenvalue weighted by atomic mass is 35.5. The number of fused-ring (bicyclic) bond motifs is 2. The van der Waals surface area contributed by atoms with E-state index in [1.54, 1.807) is 6.07 Å². The fourth-order valence-electron chi connectivity index (χ4n) is 3.35. The summed E-state index contributed by atoms with van der Waals surface area (Å²) in [7, 11) is -4.04. The Morgan fingerprint density at radius 1 is 1.08 bits per heavy atom. The SMILES string of the molecule is Cc1ccc2c(c1)C(C)(C)c1cc(Cl)ccc1N2CCS(=O)(=O)O. The summed E-state index contributed by atoms with van der Waals surface area (Å²) in [6.45, 7) is 6.49. The summed E-state index contributed by atoms with van der Waals surface area (Å²) >= 11 is 6.21. The second kappa shape index (κ2) is 5.76. The van der Waals surface area contributed by atoms with Crippen LogP contribution in [-0.4, -0.2) is 25.3 Å². The minimum atomic E-state index is -4.04. The largest absolute Gasteiger partial charge is 0.340 e. The molecule has 6 heteroatoms. The third-order valence-corrected chi connectivity index (χ3v) is 5.55. The van der Waals surface area contributed by atoms with E-state index in [0.717, 1.165) is 28.1 Å². The van der Waals surface area contributed by atoms with Crippen molar-refractivity contribution in [1.82, 2.24) is 0 Å². The molecular weight excluding hydrogens is 346 g/mol. The van der Waals surface area contributed by atoms with E-state index in [9.17, 15) is 8.42 Å². The second-order valence-corrected chi connectivity index (χ2v) is 8.75. The van der Waals surface area contributed by atoms with Gasteiger partial charge in [0.1, 0.15) is 0 Å². The van der Waals surface area contributed by atoms with Crippen LogP contribution in [0.3, 0.4) is 0 Å². The molecular formula is C18H20ClNO3S. The molecule has 1 heterocycles. The highest BCUT2D eigenvalue weighted by molar-refractivity contribution is 7.85. The lowest BCUT2D eigenvalue weighted by molar-refractivity contribution is 0.483. The predicted octanol–water partition coefficient (Wildman–Crippen LogP) is 4.31. The van der Waals surface area contributed by atoms with Gasteiger partial charge < -0.3 is 4.90 Å². The van der Waals surface area contributed by atoms with E-state index < -0.39 is 10.1 Å². The second-order valence-electron chi connectivity index (χ2n) is 6.74. The highest BCUT2D eigenvalue weighted by Crippen LogP contribution is 2.49.